The van der Waals surface area contributed by atoms with Crippen LogP contribution >= 0.6 is 27.7 Å². The van der Waals surface area contributed by atoms with Gasteiger partial charge in [-0.15, -0.1) is 0 Å². The van der Waals surface area contributed by atoms with Crippen LogP contribution in [0.25, 0.3) is 16.8 Å². The maximum Gasteiger partial charge on any atom is 0.293 e. The second-order valence-corrected chi connectivity index (χ2v) is 8.55. The van der Waals surface area contributed by atoms with Crippen LogP contribution in [0.2, 0.25) is 0 Å². The fourth-order valence-corrected chi connectivity index (χ4v) is 4.54. The van der Waals surface area contributed by atoms with Gasteiger partial charge in [0.1, 0.15) is 12.4 Å². The number of carbonyl (C=O) groups excluding carboxylic acids is 2. The summed E-state index contributed by atoms with van der Waals surface area (Å²) >= 11 is 4.23. The number of hydrogen-bond donors (Lipinski definition) is 1. The molecule has 1 saturated heterocycles. The van der Waals surface area contributed by atoms with Gasteiger partial charge in [-0.25, -0.2) is 0 Å². The molecule has 0 saturated carbocycles. The van der Waals surface area contributed by atoms with Gasteiger partial charge in [0.15, 0.2) is 11.5 Å². The summed E-state index contributed by atoms with van der Waals surface area (Å²) in [5, 5.41) is 11.5. The molecule has 31 heavy (non-hydrogen) atoms. The zero-order valence-electron chi connectivity index (χ0n) is 16.5. The molecule has 3 aromatic carbocycles. The van der Waals surface area contributed by atoms with Crippen molar-refractivity contribution in [1.82, 2.24) is 4.90 Å². The minimum Gasteiger partial charge on any atom is -0.504 e. The number of fused-ring (bicyclic) bond motifs is 1. The summed E-state index contributed by atoms with van der Waals surface area (Å²) in [5.74, 6) is 0.582. The highest BCUT2D eigenvalue weighted by atomic mass is 79.9. The molecule has 6 nitrogen and oxygen atoms in total. The number of phenols is 1. The van der Waals surface area contributed by atoms with Gasteiger partial charge in [-0.3, -0.25) is 14.5 Å². The number of carbonyl (C=O) groups is 2. The maximum absolute atomic E-state index is 12.8. The van der Waals surface area contributed by atoms with Crippen molar-refractivity contribution in [2.75, 3.05) is 20.3 Å². The zero-order valence-corrected chi connectivity index (χ0v) is 18.9. The number of thioether (sulfide) groups is 1. The first-order valence-corrected chi connectivity index (χ1v) is 11.0. The lowest BCUT2D eigenvalue weighted by molar-refractivity contribution is -0.123. The van der Waals surface area contributed by atoms with Crippen LogP contribution in [0.3, 0.4) is 0 Å². The number of hydrogen-bond acceptors (Lipinski definition) is 6. The minimum atomic E-state index is -0.379. The largest absolute Gasteiger partial charge is 0.504 e. The molecule has 1 aliphatic rings. The zero-order chi connectivity index (χ0) is 22.0. The molecule has 8 heteroatoms. The highest BCUT2D eigenvalue weighted by Gasteiger charge is 2.35. The molecule has 4 rings (SSSR count). The lowest BCUT2D eigenvalue weighted by Gasteiger charge is -2.14. The van der Waals surface area contributed by atoms with Crippen molar-refractivity contribution in [1.29, 1.82) is 0 Å². The predicted molar refractivity (Wildman–Crippen MR) is 124 cm³/mol. The van der Waals surface area contributed by atoms with E-state index in [4.69, 9.17) is 9.47 Å². The monoisotopic (exact) mass is 499 g/mol. The first-order valence-electron chi connectivity index (χ1n) is 9.40. The number of amides is 2. The van der Waals surface area contributed by atoms with E-state index in [0.717, 1.165) is 22.5 Å². The standard InChI is InChI=1S/C23H18BrNO5S/c1-29-20-11-15(17(24)13-18(20)26)12-21-22(27)25(23(28)31-21)9-10-30-19-8-4-6-14-5-2-3-7-16(14)19/h2-8,11-13,26H,9-10H2,1H3/b21-12-. The molecule has 0 radical (unpaired) electrons. The van der Waals surface area contributed by atoms with E-state index in [1.54, 1.807) is 12.1 Å². The molecule has 1 heterocycles. The van der Waals surface area contributed by atoms with Crippen molar-refractivity contribution in [3.8, 4) is 17.2 Å². The molecule has 0 unspecified atom stereocenters. The molecule has 1 aliphatic heterocycles. The summed E-state index contributed by atoms with van der Waals surface area (Å²) in [6.45, 7) is 0.335. The second-order valence-electron chi connectivity index (χ2n) is 6.70. The van der Waals surface area contributed by atoms with Gasteiger partial charge in [-0.2, -0.15) is 0 Å². The van der Waals surface area contributed by atoms with E-state index in [1.807, 2.05) is 42.5 Å². The molecule has 3 aromatic rings. The van der Waals surface area contributed by atoms with Crippen LogP contribution in [0.1, 0.15) is 5.56 Å². The van der Waals surface area contributed by atoms with Crippen LogP contribution in [0.15, 0.2) is 64.0 Å². The number of nitrogens with zero attached hydrogens (tertiary/aromatic N) is 1. The predicted octanol–water partition coefficient (Wildman–Crippen LogP) is 5.43. The summed E-state index contributed by atoms with van der Waals surface area (Å²) in [4.78, 5) is 26.6. The Labute approximate surface area is 191 Å². The molecule has 2 amide bonds. The van der Waals surface area contributed by atoms with Crippen molar-refractivity contribution in [3.63, 3.8) is 0 Å². The first-order chi connectivity index (χ1) is 15.0. The minimum absolute atomic E-state index is 0.0229. The van der Waals surface area contributed by atoms with Gasteiger partial charge in [0.25, 0.3) is 11.1 Å². The van der Waals surface area contributed by atoms with Crippen LogP contribution in [-0.2, 0) is 4.79 Å². The van der Waals surface area contributed by atoms with E-state index >= 15 is 0 Å². The second kappa shape index (κ2) is 9.03. The Morgan fingerprint density at radius 2 is 1.87 bits per heavy atom. The quantitative estimate of drug-likeness (QED) is 0.455. The summed E-state index contributed by atoms with van der Waals surface area (Å²) in [7, 11) is 1.44. The Kier molecular flexibility index (Phi) is 6.20. The lowest BCUT2D eigenvalue weighted by atomic mass is 10.1. The third kappa shape index (κ3) is 4.40. The molecule has 0 aromatic heterocycles. The number of benzene rings is 3. The maximum atomic E-state index is 12.8. The van der Waals surface area contributed by atoms with Crippen LogP contribution < -0.4 is 9.47 Å². The summed E-state index contributed by atoms with van der Waals surface area (Å²) < 4.78 is 11.6. The number of ether oxygens (including phenoxy) is 2. The van der Waals surface area contributed by atoms with Crippen molar-refractivity contribution >= 4 is 55.7 Å². The van der Waals surface area contributed by atoms with Crippen molar-refractivity contribution in [2.24, 2.45) is 0 Å². The number of imide groups is 1. The molecule has 0 bridgehead atoms. The number of rotatable bonds is 6. The number of aromatic hydroxyl groups is 1. The summed E-state index contributed by atoms with van der Waals surface area (Å²) in [6.07, 6.45) is 1.60. The smallest absolute Gasteiger partial charge is 0.293 e. The van der Waals surface area contributed by atoms with Crippen LogP contribution in [0.5, 0.6) is 17.2 Å². The average molecular weight is 500 g/mol. The normalized spacial score (nSPS) is 15.2. The van der Waals surface area contributed by atoms with E-state index < -0.39 is 0 Å². The Balaban J connectivity index is 1.47. The fraction of sp³-hybridized carbons (Fsp3) is 0.130. The molecule has 1 fully saturated rings. The molecular formula is C23H18BrNO5S. The molecule has 0 atom stereocenters. The highest BCUT2D eigenvalue weighted by Crippen LogP contribution is 2.37. The number of halogens is 1. The first kappa shape index (κ1) is 21.3. The number of methoxy groups -OCH3 is 1. The van der Waals surface area contributed by atoms with Gasteiger partial charge in [0.2, 0.25) is 0 Å². The summed E-state index contributed by atoms with van der Waals surface area (Å²) in [5.41, 5.74) is 0.618. The molecule has 1 N–H and O–H groups in total. The van der Waals surface area contributed by atoms with Crippen LogP contribution in [0, 0.1) is 0 Å². The van der Waals surface area contributed by atoms with Gasteiger partial charge >= 0.3 is 0 Å². The Hall–Kier alpha value is -2.97. The fourth-order valence-electron chi connectivity index (χ4n) is 3.24. The topological polar surface area (TPSA) is 76.1 Å². The summed E-state index contributed by atoms with van der Waals surface area (Å²) in [6, 6.07) is 16.7. The third-order valence-electron chi connectivity index (χ3n) is 4.78. The van der Waals surface area contributed by atoms with Crippen LogP contribution in [0.4, 0.5) is 4.79 Å². The van der Waals surface area contributed by atoms with Gasteiger partial charge in [-0.05, 0) is 47.0 Å². The molecular weight excluding hydrogens is 482 g/mol. The Morgan fingerprint density at radius 1 is 1.10 bits per heavy atom. The van der Waals surface area contributed by atoms with Crippen LogP contribution in [-0.4, -0.2) is 41.4 Å². The molecule has 0 aliphatic carbocycles. The van der Waals surface area contributed by atoms with Gasteiger partial charge in [0.05, 0.1) is 18.6 Å². The van der Waals surface area contributed by atoms with Gasteiger partial charge in [-0.1, -0.05) is 52.3 Å². The van der Waals surface area contributed by atoms with E-state index in [1.165, 1.54) is 18.1 Å². The van der Waals surface area contributed by atoms with Gasteiger partial charge in [0, 0.05) is 9.86 Å². The van der Waals surface area contributed by atoms with Gasteiger partial charge < -0.3 is 14.6 Å². The van der Waals surface area contributed by atoms with E-state index in [2.05, 4.69) is 15.9 Å². The Bertz CT molecular complexity index is 1200. The lowest BCUT2D eigenvalue weighted by Crippen LogP contribution is -2.32. The van der Waals surface area contributed by atoms with E-state index in [-0.39, 0.29) is 35.8 Å². The highest BCUT2D eigenvalue weighted by molar-refractivity contribution is 9.10. The van der Waals surface area contributed by atoms with E-state index in [9.17, 15) is 14.7 Å². The molecule has 0 spiro atoms. The van der Waals surface area contributed by atoms with Crippen molar-refractivity contribution < 1.29 is 24.2 Å². The van der Waals surface area contributed by atoms with Crippen molar-refractivity contribution in [2.45, 2.75) is 0 Å². The Morgan fingerprint density at radius 3 is 2.68 bits per heavy atom. The molecule has 158 valence electrons. The van der Waals surface area contributed by atoms with E-state index in [0.29, 0.717) is 20.7 Å². The average Bonchev–Trinajstić information content (AvgIpc) is 3.03. The van der Waals surface area contributed by atoms with Crippen molar-refractivity contribution in [3.05, 3.63) is 69.5 Å². The SMILES string of the molecule is COc1cc(/C=C2\SC(=O)N(CCOc3cccc4ccccc34)C2=O)c(Br)cc1O. The number of phenolic OH excluding ortho intramolecular Hbond substituents is 1. The third-order valence-corrected chi connectivity index (χ3v) is 6.37.